The Bertz CT molecular complexity index is 533. The summed E-state index contributed by atoms with van der Waals surface area (Å²) in [5.74, 6) is -1.33. The summed E-state index contributed by atoms with van der Waals surface area (Å²) >= 11 is 0. The van der Waals surface area contributed by atoms with Crippen LogP contribution in [-0.2, 0) is 4.79 Å². The van der Waals surface area contributed by atoms with Crippen molar-refractivity contribution in [2.75, 3.05) is 6.54 Å². The minimum atomic E-state index is -0.639. The standard InChI is InChI=1S/C12H12FN3O3/c13-8-3-1-2-7(6-8)10(17)14-5-4-9-11(18)16-12(19)15-9/h1-3,6,9H,4-5H2,(H,14,17)(H2,15,16,18,19). The second-order valence-electron chi connectivity index (χ2n) is 4.07. The molecule has 6 nitrogen and oxygen atoms in total. The van der Waals surface area contributed by atoms with E-state index in [2.05, 4.69) is 16.0 Å². The molecule has 0 spiro atoms. The molecule has 100 valence electrons. The quantitative estimate of drug-likeness (QED) is 0.677. The molecule has 4 amide bonds. The zero-order chi connectivity index (χ0) is 13.8. The molecule has 19 heavy (non-hydrogen) atoms. The molecule has 0 aliphatic carbocycles. The number of carbonyl (C=O) groups excluding carboxylic acids is 3. The number of hydrogen-bond donors (Lipinski definition) is 3. The summed E-state index contributed by atoms with van der Waals surface area (Å²) < 4.78 is 12.9. The average Bonchev–Trinajstić information content (AvgIpc) is 2.68. The molecule has 3 N–H and O–H groups in total. The van der Waals surface area contributed by atoms with Gasteiger partial charge in [-0.3, -0.25) is 14.9 Å². The second kappa shape index (κ2) is 5.47. The van der Waals surface area contributed by atoms with E-state index in [1.165, 1.54) is 18.2 Å². The molecule has 7 heteroatoms. The third-order valence-electron chi connectivity index (χ3n) is 2.66. The van der Waals surface area contributed by atoms with Gasteiger partial charge in [-0.25, -0.2) is 9.18 Å². The van der Waals surface area contributed by atoms with Gasteiger partial charge in [0.05, 0.1) is 0 Å². The Kier molecular flexibility index (Phi) is 3.74. The van der Waals surface area contributed by atoms with Gasteiger partial charge in [-0.05, 0) is 24.6 Å². The highest BCUT2D eigenvalue weighted by atomic mass is 19.1. The lowest BCUT2D eigenvalue weighted by Crippen LogP contribution is -2.34. The average molecular weight is 265 g/mol. The van der Waals surface area contributed by atoms with Gasteiger partial charge in [0.15, 0.2) is 0 Å². The van der Waals surface area contributed by atoms with E-state index in [4.69, 9.17) is 0 Å². The Hall–Kier alpha value is -2.44. The molecule has 0 radical (unpaired) electrons. The Labute approximate surface area is 108 Å². The second-order valence-corrected chi connectivity index (χ2v) is 4.07. The van der Waals surface area contributed by atoms with Crippen molar-refractivity contribution >= 4 is 17.8 Å². The Morgan fingerprint density at radius 3 is 2.79 bits per heavy atom. The molecule has 1 aliphatic heterocycles. The Morgan fingerprint density at radius 1 is 1.37 bits per heavy atom. The van der Waals surface area contributed by atoms with E-state index in [-0.39, 0.29) is 18.5 Å². The molecule has 1 saturated heterocycles. The highest BCUT2D eigenvalue weighted by Gasteiger charge is 2.28. The number of urea groups is 1. The van der Waals surface area contributed by atoms with Crippen molar-refractivity contribution < 1.29 is 18.8 Å². The highest BCUT2D eigenvalue weighted by Crippen LogP contribution is 2.03. The zero-order valence-electron chi connectivity index (χ0n) is 9.90. The number of amides is 4. The number of benzene rings is 1. The molecule has 2 rings (SSSR count). The molecule has 1 fully saturated rings. The van der Waals surface area contributed by atoms with Gasteiger partial charge < -0.3 is 10.6 Å². The molecule has 1 aliphatic rings. The van der Waals surface area contributed by atoms with E-state index in [1.807, 2.05) is 0 Å². The smallest absolute Gasteiger partial charge is 0.322 e. The van der Waals surface area contributed by atoms with Crippen LogP contribution in [0.1, 0.15) is 16.8 Å². The first-order valence-corrected chi connectivity index (χ1v) is 5.71. The lowest BCUT2D eigenvalue weighted by Gasteiger charge is -2.08. The van der Waals surface area contributed by atoms with Gasteiger partial charge in [0, 0.05) is 12.1 Å². The van der Waals surface area contributed by atoms with Gasteiger partial charge in [-0.15, -0.1) is 0 Å². The van der Waals surface area contributed by atoms with Crippen molar-refractivity contribution in [2.45, 2.75) is 12.5 Å². The normalized spacial score (nSPS) is 17.8. The first kappa shape index (κ1) is 13.0. The first-order chi connectivity index (χ1) is 9.06. The summed E-state index contributed by atoms with van der Waals surface area (Å²) in [7, 11) is 0. The van der Waals surface area contributed by atoms with Crippen molar-refractivity contribution in [3.8, 4) is 0 Å². The molecular formula is C12H12FN3O3. The molecule has 1 unspecified atom stereocenters. The zero-order valence-corrected chi connectivity index (χ0v) is 9.90. The summed E-state index contributed by atoms with van der Waals surface area (Å²) in [6.45, 7) is 0.202. The maximum atomic E-state index is 12.9. The lowest BCUT2D eigenvalue weighted by molar-refractivity contribution is -0.120. The summed E-state index contributed by atoms with van der Waals surface area (Å²) in [6.07, 6.45) is 0.276. The van der Waals surface area contributed by atoms with E-state index in [0.29, 0.717) is 0 Å². The maximum Gasteiger partial charge on any atom is 0.322 e. The van der Waals surface area contributed by atoms with Gasteiger partial charge in [0.1, 0.15) is 11.9 Å². The summed E-state index contributed by atoms with van der Waals surface area (Å²) in [5.41, 5.74) is 0.208. The van der Waals surface area contributed by atoms with Crippen LogP contribution < -0.4 is 16.0 Å². The number of carbonyl (C=O) groups is 3. The van der Waals surface area contributed by atoms with Gasteiger partial charge in [-0.1, -0.05) is 6.07 Å². The number of nitrogens with one attached hydrogen (secondary N) is 3. The molecule has 1 atom stereocenters. The highest BCUT2D eigenvalue weighted by molar-refractivity contribution is 6.04. The summed E-state index contributed by atoms with van der Waals surface area (Å²) in [4.78, 5) is 33.7. The van der Waals surface area contributed by atoms with Crippen LogP contribution in [0.25, 0.3) is 0 Å². The SMILES string of the molecule is O=C1NC(=O)C(CCNC(=O)c2cccc(F)c2)N1. The van der Waals surface area contributed by atoms with Crippen LogP contribution in [0.15, 0.2) is 24.3 Å². The van der Waals surface area contributed by atoms with Gasteiger partial charge in [-0.2, -0.15) is 0 Å². The van der Waals surface area contributed by atoms with Crippen LogP contribution in [-0.4, -0.2) is 30.4 Å². The maximum absolute atomic E-state index is 12.9. The fraction of sp³-hybridized carbons (Fsp3) is 0.250. The van der Waals surface area contributed by atoms with E-state index >= 15 is 0 Å². The van der Waals surface area contributed by atoms with Crippen LogP contribution in [0, 0.1) is 5.82 Å². The molecule has 0 bridgehead atoms. The van der Waals surface area contributed by atoms with E-state index in [0.717, 1.165) is 6.07 Å². The van der Waals surface area contributed by atoms with Crippen molar-refractivity contribution in [3.63, 3.8) is 0 Å². The molecular weight excluding hydrogens is 253 g/mol. The fourth-order valence-corrected chi connectivity index (χ4v) is 1.72. The van der Waals surface area contributed by atoms with Crippen LogP contribution in [0.2, 0.25) is 0 Å². The van der Waals surface area contributed by atoms with Crippen LogP contribution in [0.5, 0.6) is 0 Å². The minimum Gasteiger partial charge on any atom is -0.352 e. The van der Waals surface area contributed by atoms with Crippen molar-refractivity contribution in [3.05, 3.63) is 35.6 Å². The van der Waals surface area contributed by atoms with Gasteiger partial charge in [0.25, 0.3) is 11.8 Å². The predicted octanol–water partition coefficient (Wildman–Crippen LogP) is 0.154. The Morgan fingerprint density at radius 2 is 2.16 bits per heavy atom. The minimum absolute atomic E-state index is 0.202. The van der Waals surface area contributed by atoms with Crippen molar-refractivity contribution in [1.82, 2.24) is 16.0 Å². The third-order valence-corrected chi connectivity index (χ3v) is 2.66. The number of rotatable bonds is 4. The molecule has 0 saturated carbocycles. The van der Waals surface area contributed by atoms with E-state index < -0.39 is 29.7 Å². The number of hydrogen-bond acceptors (Lipinski definition) is 3. The number of halogens is 1. The van der Waals surface area contributed by atoms with Crippen LogP contribution in [0.4, 0.5) is 9.18 Å². The largest absolute Gasteiger partial charge is 0.352 e. The van der Waals surface area contributed by atoms with Crippen LogP contribution >= 0.6 is 0 Å². The van der Waals surface area contributed by atoms with Crippen molar-refractivity contribution in [1.29, 1.82) is 0 Å². The molecule has 1 heterocycles. The molecule has 1 aromatic carbocycles. The van der Waals surface area contributed by atoms with Gasteiger partial charge in [0.2, 0.25) is 0 Å². The Balaban J connectivity index is 1.81. The van der Waals surface area contributed by atoms with E-state index in [9.17, 15) is 18.8 Å². The third kappa shape index (κ3) is 3.27. The summed E-state index contributed by atoms with van der Waals surface area (Å²) in [5, 5.41) is 7.06. The van der Waals surface area contributed by atoms with E-state index in [1.54, 1.807) is 0 Å². The van der Waals surface area contributed by atoms with Crippen LogP contribution in [0.3, 0.4) is 0 Å². The lowest BCUT2D eigenvalue weighted by atomic mass is 10.2. The topological polar surface area (TPSA) is 87.3 Å². The van der Waals surface area contributed by atoms with Crippen molar-refractivity contribution in [2.24, 2.45) is 0 Å². The fourth-order valence-electron chi connectivity index (χ4n) is 1.72. The summed E-state index contributed by atoms with van der Waals surface area (Å²) in [6, 6.07) is 4.12. The monoisotopic (exact) mass is 265 g/mol. The molecule has 0 aromatic heterocycles. The van der Waals surface area contributed by atoms with Gasteiger partial charge >= 0.3 is 6.03 Å². The predicted molar refractivity (Wildman–Crippen MR) is 63.8 cm³/mol. The number of imide groups is 1. The first-order valence-electron chi connectivity index (χ1n) is 5.71. The molecule has 1 aromatic rings.